The number of carbonyl (C=O) groups excluding carboxylic acids is 1. The zero-order valence-electron chi connectivity index (χ0n) is 9.29. The minimum absolute atomic E-state index is 0.210. The van der Waals surface area contributed by atoms with Crippen molar-refractivity contribution in [1.82, 2.24) is 10.2 Å². The fraction of sp³-hybridized carbons (Fsp3) is 0.909. The van der Waals surface area contributed by atoms with E-state index in [-0.39, 0.29) is 6.04 Å². The Morgan fingerprint density at radius 2 is 2.06 bits per heavy atom. The second kappa shape index (κ2) is 5.08. The Balaban J connectivity index is 1.87. The number of alkyl halides is 2. The first-order valence-electron chi connectivity index (χ1n) is 5.97. The van der Waals surface area contributed by atoms with Gasteiger partial charge in [0, 0.05) is 19.1 Å². The van der Waals surface area contributed by atoms with Gasteiger partial charge in [0.2, 0.25) is 0 Å². The summed E-state index contributed by atoms with van der Waals surface area (Å²) in [6.45, 7) is 1.89. The zero-order valence-corrected chi connectivity index (χ0v) is 9.29. The molecular formula is C11H18F2N2O. The predicted molar refractivity (Wildman–Crippen MR) is 56.3 cm³/mol. The Morgan fingerprint density at radius 3 is 2.56 bits per heavy atom. The highest BCUT2D eigenvalue weighted by molar-refractivity contribution is 5.79. The van der Waals surface area contributed by atoms with Gasteiger partial charge in [-0.25, -0.2) is 0 Å². The molecule has 5 heteroatoms. The largest absolute Gasteiger partial charge is 0.336 e. The highest BCUT2D eigenvalue weighted by Gasteiger charge is 2.32. The Hall–Kier alpha value is -0.710. The third-order valence-electron chi connectivity index (χ3n) is 3.28. The normalized spacial score (nSPS) is 25.1. The SMILES string of the molecule is O=C(C(F)F)N(CC1CC1)CC1CCCN1. The van der Waals surface area contributed by atoms with Crippen LogP contribution in [0.2, 0.25) is 0 Å². The van der Waals surface area contributed by atoms with Crippen molar-refractivity contribution in [2.75, 3.05) is 19.6 Å². The van der Waals surface area contributed by atoms with Crippen molar-refractivity contribution in [2.24, 2.45) is 5.92 Å². The summed E-state index contributed by atoms with van der Waals surface area (Å²) >= 11 is 0. The monoisotopic (exact) mass is 232 g/mol. The quantitative estimate of drug-likeness (QED) is 0.773. The van der Waals surface area contributed by atoms with Crippen LogP contribution in [0.15, 0.2) is 0 Å². The van der Waals surface area contributed by atoms with Gasteiger partial charge >= 0.3 is 6.43 Å². The van der Waals surface area contributed by atoms with E-state index in [9.17, 15) is 13.6 Å². The molecule has 0 aromatic carbocycles. The molecule has 1 N–H and O–H groups in total. The number of carbonyl (C=O) groups is 1. The Labute approximate surface area is 94.2 Å². The van der Waals surface area contributed by atoms with Gasteiger partial charge in [-0.1, -0.05) is 0 Å². The summed E-state index contributed by atoms with van der Waals surface area (Å²) in [6, 6.07) is 0.210. The average molecular weight is 232 g/mol. The molecule has 1 aliphatic carbocycles. The minimum atomic E-state index is -2.86. The molecule has 0 spiro atoms. The lowest BCUT2D eigenvalue weighted by Gasteiger charge is -2.25. The van der Waals surface area contributed by atoms with E-state index in [1.54, 1.807) is 0 Å². The molecule has 16 heavy (non-hydrogen) atoms. The first-order valence-corrected chi connectivity index (χ1v) is 5.97. The average Bonchev–Trinajstić information content (AvgIpc) is 2.91. The fourth-order valence-corrected chi connectivity index (χ4v) is 2.18. The molecule has 92 valence electrons. The van der Waals surface area contributed by atoms with Crippen LogP contribution in [-0.2, 0) is 4.79 Å². The summed E-state index contributed by atoms with van der Waals surface area (Å²) in [4.78, 5) is 12.7. The van der Waals surface area contributed by atoms with Crippen molar-refractivity contribution in [3.63, 3.8) is 0 Å². The molecular weight excluding hydrogens is 214 g/mol. The van der Waals surface area contributed by atoms with E-state index in [4.69, 9.17) is 0 Å². The molecule has 1 saturated carbocycles. The highest BCUT2D eigenvalue weighted by Crippen LogP contribution is 2.30. The molecule has 0 radical (unpaired) electrons. The summed E-state index contributed by atoms with van der Waals surface area (Å²) in [7, 11) is 0. The van der Waals surface area contributed by atoms with Crippen molar-refractivity contribution in [3.8, 4) is 0 Å². The Bertz CT molecular complexity index is 250. The van der Waals surface area contributed by atoms with Crippen LogP contribution in [0, 0.1) is 5.92 Å². The van der Waals surface area contributed by atoms with Gasteiger partial charge in [-0.05, 0) is 38.1 Å². The third kappa shape index (κ3) is 3.14. The second-order valence-electron chi connectivity index (χ2n) is 4.78. The van der Waals surface area contributed by atoms with Gasteiger partial charge in [-0.2, -0.15) is 8.78 Å². The minimum Gasteiger partial charge on any atom is -0.336 e. The topological polar surface area (TPSA) is 32.3 Å². The van der Waals surface area contributed by atoms with Gasteiger partial charge in [0.25, 0.3) is 5.91 Å². The molecule has 1 atom stereocenters. The van der Waals surface area contributed by atoms with Gasteiger partial charge in [-0.15, -0.1) is 0 Å². The summed E-state index contributed by atoms with van der Waals surface area (Å²) in [5.74, 6) is -0.537. The van der Waals surface area contributed by atoms with Crippen LogP contribution >= 0.6 is 0 Å². The van der Waals surface area contributed by atoms with E-state index in [2.05, 4.69) is 5.32 Å². The van der Waals surface area contributed by atoms with E-state index in [1.807, 2.05) is 0 Å². The molecule has 1 unspecified atom stereocenters. The lowest BCUT2D eigenvalue weighted by Crippen LogP contribution is -2.44. The molecule has 1 aliphatic heterocycles. The summed E-state index contributed by atoms with van der Waals surface area (Å²) in [5.41, 5.74) is 0. The van der Waals surface area contributed by atoms with Crippen LogP contribution in [0.1, 0.15) is 25.7 Å². The summed E-state index contributed by atoms with van der Waals surface area (Å²) in [6.07, 6.45) is 1.35. The van der Waals surface area contributed by atoms with Gasteiger partial charge < -0.3 is 10.2 Å². The summed E-state index contributed by atoms with van der Waals surface area (Å²) < 4.78 is 24.8. The molecule has 3 nitrogen and oxygen atoms in total. The number of halogens is 2. The maximum absolute atomic E-state index is 12.4. The smallest absolute Gasteiger partial charge is 0.315 e. The van der Waals surface area contributed by atoms with Crippen LogP contribution in [0.4, 0.5) is 8.78 Å². The predicted octanol–water partition coefficient (Wildman–Crippen LogP) is 1.24. The number of nitrogens with one attached hydrogen (secondary N) is 1. The number of rotatable bonds is 5. The van der Waals surface area contributed by atoms with Crippen molar-refractivity contribution in [2.45, 2.75) is 38.2 Å². The maximum atomic E-state index is 12.4. The second-order valence-corrected chi connectivity index (χ2v) is 4.78. The van der Waals surface area contributed by atoms with Crippen molar-refractivity contribution in [1.29, 1.82) is 0 Å². The Kier molecular flexibility index (Phi) is 3.74. The van der Waals surface area contributed by atoms with Crippen molar-refractivity contribution >= 4 is 5.91 Å². The van der Waals surface area contributed by atoms with Crippen LogP contribution in [0.5, 0.6) is 0 Å². The standard InChI is InChI=1S/C11H18F2N2O/c12-10(13)11(16)15(6-8-3-4-8)7-9-2-1-5-14-9/h8-10,14H,1-7H2. The van der Waals surface area contributed by atoms with E-state index >= 15 is 0 Å². The van der Waals surface area contributed by atoms with E-state index in [0.29, 0.717) is 19.0 Å². The molecule has 2 fully saturated rings. The van der Waals surface area contributed by atoms with Crippen LogP contribution in [0.25, 0.3) is 0 Å². The van der Waals surface area contributed by atoms with Crippen LogP contribution in [0.3, 0.4) is 0 Å². The lowest BCUT2D eigenvalue weighted by molar-refractivity contribution is -0.143. The lowest BCUT2D eigenvalue weighted by atomic mass is 10.2. The Morgan fingerprint density at radius 1 is 1.31 bits per heavy atom. The molecule has 0 bridgehead atoms. The highest BCUT2D eigenvalue weighted by atomic mass is 19.3. The zero-order chi connectivity index (χ0) is 11.5. The van der Waals surface area contributed by atoms with Crippen molar-refractivity contribution < 1.29 is 13.6 Å². The number of nitrogens with zero attached hydrogens (tertiary/aromatic N) is 1. The number of amides is 1. The van der Waals surface area contributed by atoms with E-state index < -0.39 is 12.3 Å². The summed E-state index contributed by atoms with van der Waals surface area (Å²) in [5, 5.41) is 3.24. The van der Waals surface area contributed by atoms with Gasteiger partial charge in [0.15, 0.2) is 0 Å². The molecule has 0 aromatic heterocycles. The molecule has 1 saturated heterocycles. The molecule has 2 aliphatic rings. The maximum Gasteiger partial charge on any atom is 0.315 e. The fourth-order valence-electron chi connectivity index (χ4n) is 2.18. The number of hydrogen-bond donors (Lipinski definition) is 1. The van der Waals surface area contributed by atoms with E-state index in [1.165, 1.54) is 4.90 Å². The van der Waals surface area contributed by atoms with Gasteiger partial charge in [-0.3, -0.25) is 4.79 Å². The molecule has 0 aromatic rings. The van der Waals surface area contributed by atoms with Gasteiger partial charge in [0.05, 0.1) is 0 Å². The molecule has 1 amide bonds. The first-order chi connectivity index (χ1) is 7.66. The third-order valence-corrected chi connectivity index (χ3v) is 3.28. The first kappa shape index (κ1) is 11.8. The number of hydrogen-bond acceptors (Lipinski definition) is 2. The molecule has 2 rings (SSSR count). The van der Waals surface area contributed by atoms with Gasteiger partial charge in [0.1, 0.15) is 0 Å². The van der Waals surface area contributed by atoms with Crippen LogP contribution in [-0.4, -0.2) is 42.9 Å². The van der Waals surface area contributed by atoms with Crippen molar-refractivity contribution in [3.05, 3.63) is 0 Å². The van der Waals surface area contributed by atoms with Crippen LogP contribution < -0.4 is 5.32 Å². The van der Waals surface area contributed by atoms with E-state index in [0.717, 1.165) is 32.2 Å². The molecule has 1 heterocycles.